The first-order valence-electron chi connectivity index (χ1n) is 9.57. The minimum absolute atomic E-state index is 0.115. The molecule has 0 saturated carbocycles. The first-order valence-corrected chi connectivity index (χ1v) is 10.4. The van der Waals surface area contributed by atoms with Crippen LogP contribution in [0, 0.1) is 17.8 Å². The van der Waals surface area contributed by atoms with E-state index in [0.717, 1.165) is 22.9 Å². The van der Waals surface area contributed by atoms with Crippen LogP contribution in [-0.2, 0) is 19.9 Å². The molecule has 27 heavy (non-hydrogen) atoms. The Bertz CT molecular complexity index is 840. The van der Waals surface area contributed by atoms with Crippen LogP contribution in [0.3, 0.4) is 0 Å². The van der Waals surface area contributed by atoms with Gasteiger partial charge in [-0.3, -0.25) is 24.6 Å². The van der Waals surface area contributed by atoms with Crippen LogP contribution in [0.25, 0.3) is 0 Å². The molecular weight excluding hydrogens is 410 g/mol. The van der Waals surface area contributed by atoms with Gasteiger partial charge in [-0.15, -0.1) is 0 Å². The fourth-order valence-electron chi connectivity index (χ4n) is 4.88. The fourth-order valence-corrected chi connectivity index (χ4v) is 5.24. The molecule has 4 atom stereocenters. The van der Waals surface area contributed by atoms with Crippen LogP contribution in [-0.4, -0.2) is 35.2 Å². The van der Waals surface area contributed by atoms with Gasteiger partial charge in [0, 0.05) is 28.3 Å². The smallest absolute Gasteiger partial charge is 0.250 e. The van der Waals surface area contributed by atoms with Gasteiger partial charge in [-0.25, -0.2) is 0 Å². The van der Waals surface area contributed by atoms with E-state index in [0.29, 0.717) is 12.2 Å². The number of hydrogen-bond donors (Lipinski definition) is 2. The van der Waals surface area contributed by atoms with Crippen molar-refractivity contribution in [3.8, 4) is 0 Å². The number of anilines is 1. The summed E-state index contributed by atoms with van der Waals surface area (Å²) in [4.78, 5) is 41.1. The first kappa shape index (κ1) is 18.6. The number of carbonyl (C=O) groups excluding carboxylic acids is 3. The van der Waals surface area contributed by atoms with Gasteiger partial charge in [-0.2, -0.15) is 0 Å². The molecule has 144 valence electrons. The van der Waals surface area contributed by atoms with Crippen LogP contribution in [0.2, 0.25) is 0 Å². The van der Waals surface area contributed by atoms with E-state index in [-0.39, 0.29) is 29.7 Å². The molecular formula is C20H24BrN3O3. The van der Waals surface area contributed by atoms with Crippen LogP contribution in [0.15, 0.2) is 22.7 Å². The maximum Gasteiger partial charge on any atom is 0.250 e. The molecule has 6 nitrogen and oxygen atoms in total. The minimum atomic E-state index is -1.19. The molecule has 7 heteroatoms. The van der Waals surface area contributed by atoms with Gasteiger partial charge >= 0.3 is 0 Å². The number of unbranched alkanes of at least 4 members (excludes halogenated alkanes) is 1. The van der Waals surface area contributed by atoms with Gasteiger partial charge in [0.1, 0.15) is 5.54 Å². The molecule has 2 fully saturated rings. The number of likely N-dealkylation sites (tertiary alicyclic amines) is 1. The molecule has 1 spiro atoms. The van der Waals surface area contributed by atoms with Gasteiger partial charge in [0.05, 0.1) is 11.8 Å². The summed E-state index contributed by atoms with van der Waals surface area (Å²) in [5, 5.41) is 6.36. The summed E-state index contributed by atoms with van der Waals surface area (Å²) in [5.41, 5.74) is 0.261. The molecule has 3 amide bonds. The lowest BCUT2D eigenvalue weighted by atomic mass is 9.76. The van der Waals surface area contributed by atoms with E-state index in [1.165, 1.54) is 4.90 Å². The molecule has 0 radical (unpaired) electrons. The number of imide groups is 1. The predicted molar refractivity (Wildman–Crippen MR) is 105 cm³/mol. The lowest BCUT2D eigenvalue weighted by Gasteiger charge is -2.30. The third-order valence-electron chi connectivity index (χ3n) is 6.16. The van der Waals surface area contributed by atoms with Crippen LogP contribution in [0.4, 0.5) is 5.69 Å². The average molecular weight is 434 g/mol. The Morgan fingerprint density at radius 1 is 1.22 bits per heavy atom. The van der Waals surface area contributed by atoms with E-state index in [9.17, 15) is 14.4 Å². The van der Waals surface area contributed by atoms with Crippen molar-refractivity contribution in [2.24, 2.45) is 17.8 Å². The maximum absolute atomic E-state index is 13.3. The van der Waals surface area contributed by atoms with E-state index in [1.807, 2.05) is 39.0 Å². The number of carbonyl (C=O) groups is 3. The average Bonchev–Trinajstić information content (AvgIpc) is 3.20. The zero-order chi connectivity index (χ0) is 19.5. The topological polar surface area (TPSA) is 78.5 Å². The second-order valence-electron chi connectivity index (χ2n) is 8.05. The van der Waals surface area contributed by atoms with Gasteiger partial charge in [0.25, 0.3) is 0 Å². The highest BCUT2D eigenvalue weighted by atomic mass is 79.9. The Balaban J connectivity index is 1.86. The van der Waals surface area contributed by atoms with Gasteiger partial charge in [-0.1, -0.05) is 43.1 Å². The normalized spacial score (nSPS) is 31.8. The molecule has 0 bridgehead atoms. The standard InChI is InChI=1S/C20H24BrN3O3/c1-4-5-8-24-17(25)14-15(18(24)26)20(23-16(14)10(2)3)12-9-11(21)6-7-13(12)22-19(20)27/h6-7,9-10,14-16,23H,4-5,8H2,1-3H3,(H,22,27)/t14-,15-,16?,20?/m1/s1. The molecule has 1 aromatic carbocycles. The monoisotopic (exact) mass is 433 g/mol. The number of nitrogens with one attached hydrogen (secondary N) is 2. The van der Waals surface area contributed by atoms with Crippen molar-refractivity contribution in [1.29, 1.82) is 0 Å². The lowest BCUT2D eigenvalue weighted by molar-refractivity contribution is -0.143. The number of hydrogen-bond acceptors (Lipinski definition) is 4. The summed E-state index contributed by atoms with van der Waals surface area (Å²) in [6.45, 7) is 6.50. The predicted octanol–water partition coefficient (Wildman–Crippen LogP) is 2.63. The number of halogens is 1. The second-order valence-corrected chi connectivity index (χ2v) is 8.97. The number of fused-ring (bicyclic) bond motifs is 4. The molecule has 4 rings (SSSR count). The van der Waals surface area contributed by atoms with Crippen molar-refractivity contribution in [2.75, 3.05) is 11.9 Å². The Hall–Kier alpha value is -1.73. The highest BCUT2D eigenvalue weighted by Crippen LogP contribution is 2.54. The fraction of sp³-hybridized carbons (Fsp3) is 0.550. The van der Waals surface area contributed by atoms with E-state index in [2.05, 4.69) is 26.6 Å². The first-order chi connectivity index (χ1) is 12.8. The summed E-state index contributed by atoms with van der Waals surface area (Å²) in [6, 6.07) is 5.35. The van der Waals surface area contributed by atoms with Crippen LogP contribution < -0.4 is 10.6 Å². The Labute approximate surface area is 167 Å². The Morgan fingerprint density at radius 3 is 2.63 bits per heavy atom. The molecule has 3 aliphatic rings. The molecule has 1 aromatic rings. The van der Waals surface area contributed by atoms with Gasteiger partial charge in [0.15, 0.2) is 0 Å². The maximum atomic E-state index is 13.3. The highest BCUT2D eigenvalue weighted by Gasteiger charge is 2.70. The van der Waals surface area contributed by atoms with Gasteiger partial charge in [-0.05, 0) is 30.5 Å². The van der Waals surface area contributed by atoms with Gasteiger partial charge < -0.3 is 5.32 Å². The van der Waals surface area contributed by atoms with Crippen molar-refractivity contribution >= 4 is 39.3 Å². The van der Waals surface area contributed by atoms with E-state index in [1.54, 1.807) is 0 Å². The van der Waals surface area contributed by atoms with Crippen LogP contribution in [0.1, 0.15) is 39.2 Å². The highest BCUT2D eigenvalue weighted by molar-refractivity contribution is 9.10. The SMILES string of the molecule is CCCCN1C(=O)[C@H]2C(C(C)C)NC3(C(=O)Nc4ccc(Br)cc43)[C@H]2C1=O. The summed E-state index contributed by atoms with van der Waals surface area (Å²) >= 11 is 3.48. The number of nitrogens with zero attached hydrogens (tertiary/aromatic N) is 1. The lowest BCUT2D eigenvalue weighted by Crippen LogP contribution is -2.54. The third kappa shape index (κ3) is 2.44. The van der Waals surface area contributed by atoms with Crippen molar-refractivity contribution < 1.29 is 14.4 Å². The molecule has 0 aliphatic carbocycles. The molecule has 2 N–H and O–H groups in total. The van der Waals surface area contributed by atoms with Gasteiger partial charge in [0.2, 0.25) is 17.7 Å². The molecule has 3 heterocycles. The number of amides is 3. The van der Waals surface area contributed by atoms with E-state index in [4.69, 9.17) is 0 Å². The summed E-state index contributed by atoms with van der Waals surface area (Å²) < 4.78 is 0.836. The second kappa shape index (κ2) is 6.41. The van der Waals surface area contributed by atoms with Crippen molar-refractivity contribution in [3.63, 3.8) is 0 Å². The minimum Gasteiger partial charge on any atom is -0.324 e. The quantitative estimate of drug-likeness (QED) is 0.715. The summed E-state index contributed by atoms with van der Waals surface area (Å²) in [7, 11) is 0. The van der Waals surface area contributed by atoms with E-state index >= 15 is 0 Å². The zero-order valence-electron chi connectivity index (χ0n) is 15.7. The van der Waals surface area contributed by atoms with Crippen molar-refractivity contribution in [1.82, 2.24) is 10.2 Å². The molecule has 2 unspecified atom stereocenters. The summed E-state index contributed by atoms with van der Waals surface area (Å²) in [6.07, 6.45) is 1.68. The molecule has 3 aliphatic heterocycles. The van der Waals surface area contributed by atoms with Crippen molar-refractivity contribution in [2.45, 2.75) is 45.2 Å². The summed E-state index contributed by atoms with van der Waals surface area (Å²) in [5.74, 6) is -1.71. The number of benzene rings is 1. The van der Waals surface area contributed by atoms with Crippen LogP contribution in [0.5, 0.6) is 0 Å². The van der Waals surface area contributed by atoms with E-state index < -0.39 is 17.4 Å². The number of rotatable bonds is 4. The Morgan fingerprint density at radius 2 is 1.96 bits per heavy atom. The Kier molecular flexibility index (Phi) is 4.42. The zero-order valence-corrected chi connectivity index (χ0v) is 17.3. The molecule has 2 saturated heterocycles. The van der Waals surface area contributed by atoms with Crippen molar-refractivity contribution in [3.05, 3.63) is 28.2 Å². The molecule has 0 aromatic heterocycles. The third-order valence-corrected chi connectivity index (χ3v) is 6.65. The van der Waals surface area contributed by atoms with Crippen LogP contribution >= 0.6 is 15.9 Å². The largest absolute Gasteiger partial charge is 0.324 e.